The van der Waals surface area contributed by atoms with Gasteiger partial charge in [-0.1, -0.05) is 6.07 Å². The Morgan fingerprint density at radius 2 is 2.04 bits per heavy atom. The lowest BCUT2D eigenvalue weighted by Crippen LogP contribution is -2.33. The first kappa shape index (κ1) is 19.6. The van der Waals surface area contributed by atoms with Crippen LogP contribution >= 0.6 is 0 Å². The fraction of sp³-hybridized carbons (Fsp3) is 0.300. The fourth-order valence-electron chi connectivity index (χ4n) is 2.91. The van der Waals surface area contributed by atoms with Gasteiger partial charge in [-0.25, -0.2) is 13.6 Å². The van der Waals surface area contributed by atoms with E-state index in [-0.39, 0.29) is 25.2 Å². The van der Waals surface area contributed by atoms with Crippen molar-refractivity contribution in [3.05, 3.63) is 59.2 Å². The molecule has 0 bridgehead atoms. The standard InChI is InChI=1S/C20H19F2NO5/c21-14-4-6-17(15(22)11-14)27-8-1-2-18(24)23-19(20(25)26)13-3-5-16-12(10-13)7-9-28-16/h3-6,10-11,19H,1-2,7-9H2,(H,23,24)(H,25,26). The van der Waals surface area contributed by atoms with E-state index in [0.29, 0.717) is 24.7 Å². The molecule has 0 spiro atoms. The number of halogens is 2. The van der Waals surface area contributed by atoms with E-state index >= 15 is 0 Å². The summed E-state index contributed by atoms with van der Waals surface area (Å²) in [5, 5.41) is 11.9. The van der Waals surface area contributed by atoms with Gasteiger partial charge in [-0.3, -0.25) is 4.79 Å². The molecule has 0 saturated heterocycles. The molecule has 8 heteroatoms. The highest BCUT2D eigenvalue weighted by atomic mass is 19.1. The summed E-state index contributed by atoms with van der Waals surface area (Å²) in [4.78, 5) is 23.7. The Morgan fingerprint density at radius 3 is 2.79 bits per heavy atom. The highest BCUT2D eigenvalue weighted by molar-refractivity contribution is 5.84. The van der Waals surface area contributed by atoms with Gasteiger partial charge in [0.25, 0.3) is 0 Å². The molecule has 2 aromatic rings. The van der Waals surface area contributed by atoms with Gasteiger partial charge in [0.1, 0.15) is 11.6 Å². The van der Waals surface area contributed by atoms with E-state index in [1.165, 1.54) is 6.07 Å². The van der Waals surface area contributed by atoms with Crippen molar-refractivity contribution in [2.45, 2.75) is 25.3 Å². The molecule has 0 aromatic heterocycles. The van der Waals surface area contributed by atoms with Crippen LogP contribution in [0.15, 0.2) is 36.4 Å². The molecule has 1 aliphatic rings. The number of benzene rings is 2. The van der Waals surface area contributed by atoms with Crippen LogP contribution in [0.3, 0.4) is 0 Å². The molecule has 2 aromatic carbocycles. The third kappa shape index (κ3) is 4.76. The number of ether oxygens (including phenoxy) is 2. The number of aliphatic carboxylic acids is 1. The zero-order valence-corrected chi connectivity index (χ0v) is 14.9. The van der Waals surface area contributed by atoms with Gasteiger partial charge in [0.2, 0.25) is 5.91 Å². The summed E-state index contributed by atoms with van der Waals surface area (Å²) in [7, 11) is 0. The number of carboxylic acid groups (broad SMARTS) is 1. The van der Waals surface area contributed by atoms with Gasteiger partial charge in [0, 0.05) is 18.9 Å². The Morgan fingerprint density at radius 1 is 1.21 bits per heavy atom. The molecule has 0 radical (unpaired) electrons. The van der Waals surface area contributed by atoms with E-state index in [4.69, 9.17) is 9.47 Å². The van der Waals surface area contributed by atoms with Crippen LogP contribution in [-0.2, 0) is 16.0 Å². The molecule has 2 N–H and O–H groups in total. The topological polar surface area (TPSA) is 84.9 Å². The third-order valence-corrected chi connectivity index (χ3v) is 4.30. The summed E-state index contributed by atoms with van der Waals surface area (Å²) in [6, 6.07) is 6.82. The average molecular weight is 391 g/mol. The van der Waals surface area contributed by atoms with Crippen molar-refractivity contribution in [2.24, 2.45) is 0 Å². The molecule has 1 atom stereocenters. The Labute approximate surface area is 160 Å². The summed E-state index contributed by atoms with van der Waals surface area (Å²) in [6.07, 6.45) is 0.939. The normalized spacial score (nSPS) is 13.4. The molecular formula is C20H19F2NO5. The molecule has 1 amide bonds. The first-order valence-electron chi connectivity index (χ1n) is 8.79. The SMILES string of the molecule is O=C(CCCOc1ccc(F)cc1F)NC(C(=O)O)c1ccc2c(c1)CCO2. The lowest BCUT2D eigenvalue weighted by Gasteiger charge is -2.16. The lowest BCUT2D eigenvalue weighted by atomic mass is 10.0. The zero-order chi connectivity index (χ0) is 20.1. The Hall–Kier alpha value is -3.16. The minimum atomic E-state index is -1.17. The third-order valence-electron chi connectivity index (χ3n) is 4.30. The minimum absolute atomic E-state index is 0.000640. The van der Waals surface area contributed by atoms with E-state index in [9.17, 15) is 23.5 Å². The van der Waals surface area contributed by atoms with Crippen molar-refractivity contribution in [1.29, 1.82) is 0 Å². The average Bonchev–Trinajstić information content (AvgIpc) is 3.12. The molecule has 3 rings (SSSR count). The molecular weight excluding hydrogens is 372 g/mol. The van der Waals surface area contributed by atoms with Crippen molar-refractivity contribution in [3.63, 3.8) is 0 Å². The molecule has 28 heavy (non-hydrogen) atoms. The number of carbonyl (C=O) groups is 2. The predicted octanol–water partition coefficient (Wildman–Crippen LogP) is 3.00. The first-order valence-corrected chi connectivity index (χ1v) is 8.79. The Balaban J connectivity index is 1.51. The number of hydrogen-bond donors (Lipinski definition) is 2. The van der Waals surface area contributed by atoms with Crippen LogP contribution in [-0.4, -0.2) is 30.2 Å². The van der Waals surface area contributed by atoms with Gasteiger partial charge in [0.15, 0.2) is 17.6 Å². The minimum Gasteiger partial charge on any atom is -0.493 e. The second-order valence-electron chi connectivity index (χ2n) is 6.33. The van der Waals surface area contributed by atoms with E-state index in [1.807, 2.05) is 0 Å². The van der Waals surface area contributed by atoms with E-state index < -0.39 is 29.6 Å². The van der Waals surface area contributed by atoms with E-state index in [1.54, 1.807) is 18.2 Å². The molecule has 0 fully saturated rings. The molecule has 1 unspecified atom stereocenters. The maximum Gasteiger partial charge on any atom is 0.330 e. The van der Waals surface area contributed by atoms with Crippen molar-refractivity contribution in [1.82, 2.24) is 5.32 Å². The van der Waals surface area contributed by atoms with Crippen LogP contribution in [0.4, 0.5) is 8.78 Å². The lowest BCUT2D eigenvalue weighted by molar-refractivity contribution is -0.142. The summed E-state index contributed by atoms with van der Waals surface area (Å²) in [5.41, 5.74) is 1.38. The van der Waals surface area contributed by atoms with Gasteiger partial charge in [0.05, 0.1) is 13.2 Å². The highest BCUT2D eigenvalue weighted by Crippen LogP contribution is 2.28. The van der Waals surface area contributed by atoms with Gasteiger partial charge in [-0.2, -0.15) is 0 Å². The smallest absolute Gasteiger partial charge is 0.330 e. The first-order chi connectivity index (χ1) is 13.4. The molecule has 6 nitrogen and oxygen atoms in total. The van der Waals surface area contributed by atoms with Crippen molar-refractivity contribution < 1.29 is 33.0 Å². The summed E-state index contributed by atoms with van der Waals surface area (Å²) in [6.45, 7) is 0.585. The van der Waals surface area contributed by atoms with Crippen LogP contribution in [0.5, 0.6) is 11.5 Å². The maximum absolute atomic E-state index is 13.5. The van der Waals surface area contributed by atoms with Crippen LogP contribution < -0.4 is 14.8 Å². The van der Waals surface area contributed by atoms with Crippen molar-refractivity contribution in [3.8, 4) is 11.5 Å². The summed E-state index contributed by atoms with van der Waals surface area (Å²) in [5.74, 6) is -2.54. The van der Waals surface area contributed by atoms with Gasteiger partial charge < -0.3 is 19.9 Å². The summed E-state index contributed by atoms with van der Waals surface area (Å²) < 4.78 is 36.9. The fourth-order valence-corrected chi connectivity index (χ4v) is 2.91. The van der Waals surface area contributed by atoms with Gasteiger partial charge in [-0.05, 0) is 41.8 Å². The molecule has 1 aliphatic heterocycles. The summed E-state index contributed by atoms with van der Waals surface area (Å²) >= 11 is 0. The number of rotatable bonds is 8. The van der Waals surface area contributed by atoms with Crippen LogP contribution in [0.2, 0.25) is 0 Å². The molecule has 148 valence electrons. The van der Waals surface area contributed by atoms with Crippen LogP contribution in [0.25, 0.3) is 0 Å². The predicted molar refractivity (Wildman–Crippen MR) is 95.2 cm³/mol. The second kappa shape index (κ2) is 8.69. The highest BCUT2D eigenvalue weighted by Gasteiger charge is 2.24. The quantitative estimate of drug-likeness (QED) is 0.676. The van der Waals surface area contributed by atoms with E-state index in [2.05, 4.69) is 5.32 Å². The number of carboxylic acids is 1. The second-order valence-corrected chi connectivity index (χ2v) is 6.33. The molecule has 0 aliphatic carbocycles. The van der Waals surface area contributed by atoms with Crippen LogP contribution in [0.1, 0.15) is 30.0 Å². The number of carbonyl (C=O) groups excluding carboxylic acids is 1. The number of amides is 1. The zero-order valence-electron chi connectivity index (χ0n) is 14.9. The maximum atomic E-state index is 13.5. The largest absolute Gasteiger partial charge is 0.493 e. The number of hydrogen-bond acceptors (Lipinski definition) is 4. The van der Waals surface area contributed by atoms with E-state index in [0.717, 1.165) is 17.4 Å². The Kier molecular flexibility index (Phi) is 6.08. The van der Waals surface area contributed by atoms with Crippen LogP contribution in [0, 0.1) is 11.6 Å². The van der Waals surface area contributed by atoms with Crippen molar-refractivity contribution in [2.75, 3.05) is 13.2 Å². The van der Waals surface area contributed by atoms with Gasteiger partial charge in [-0.15, -0.1) is 0 Å². The molecule has 0 saturated carbocycles. The Bertz CT molecular complexity index is 887. The number of nitrogens with one attached hydrogen (secondary N) is 1. The van der Waals surface area contributed by atoms with Gasteiger partial charge >= 0.3 is 5.97 Å². The monoisotopic (exact) mass is 391 g/mol. The molecule has 1 heterocycles. The number of fused-ring (bicyclic) bond motifs is 1. The van der Waals surface area contributed by atoms with Crippen molar-refractivity contribution >= 4 is 11.9 Å².